The van der Waals surface area contributed by atoms with Gasteiger partial charge in [-0.15, -0.1) is 0 Å². The highest BCUT2D eigenvalue weighted by atomic mass is 35.5. The average Bonchev–Trinajstić information content (AvgIpc) is 2.39. The molecule has 3 atom stereocenters. The van der Waals surface area contributed by atoms with Crippen LogP contribution in [0.2, 0.25) is 5.15 Å². The number of nitrogens with zero attached hydrogens (tertiary/aromatic N) is 2. The summed E-state index contributed by atoms with van der Waals surface area (Å²) >= 11 is 6.20. The molecule has 1 aliphatic rings. The van der Waals surface area contributed by atoms with Gasteiger partial charge in [0.05, 0.1) is 0 Å². The van der Waals surface area contributed by atoms with E-state index in [9.17, 15) is 0 Å². The Bertz CT molecular complexity index is 422. The number of hydrogen-bond acceptors (Lipinski definition) is 3. The summed E-state index contributed by atoms with van der Waals surface area (Å²) in [6.07, 6.45) is 7.40. The Kier molecular flexibility index (Phi) is 5.03. The molecule has 3 unspecified atom stereocenters. The largest absolute Gasteiger partial charge is 0.367 e. The SMILES string of the molecule is CCCc1c(Cl)ncnc1NC1CCCC(C)C1C. The van der Waals surface area contributed by atoms with Crippen LogP contribution in [0.5, 0.6) is 0 Å². The van der Waals surface area contributed by atoms with Gasteiger partial charge < -0.3 is 5.32 Å². The lowest BCUT2D eigenvalue weighted by Crippen LogP contribution is -2.35. The predicted molar refractivity (Wildman–Crippen MR) is 80.6 cm³/mol. The van der Waals surface area contributed by atoms with Crippen molar-refractivity contribution in [2.24, 2.45) is 11.8 Å². The molecule has 0 bridgehead atoms. The van der Waals surface area contributed by atoms with Crippen molar-refractivity contribution in [3.63, 3.8) is 0 Å². The van der Waals surface area contributed by atoms with Gasteiger partial charge in [-0.1, -0.05) is 51.6 Å². The lowest BCUT2D eigenvalue weighted by atomic mass is 9.78. The molecule has 1 aromatic heterocycles. The van der Waals surface area contributed by atoms with Gasteiger partial charge in [0.1, 0.15) is 17.3 Å². The molecule has 0 radical (unpaired) electrons. The van der Waals surface area contributed by atoms with Gasteiger partial charge in [0.2, 0.25) is 0 Å². The molecule has 1 saturated carbocycles. The Balaban J connectivity index is 2.16. The number of anilines is 1. The maximum Gasteiger partial charge on any atom is 0.137 e. The van der Waals surface area contributed by atoms with Gasteiger partial charge in [-0.3, -0.25) is 0 Å². The molecule has 0 aromatic carbocycles. The first-order chi connectivity index (χ1) is 9.13. The standard InChI is InChI=1S/C15H24ClN3/c1-4-6-12-14(16)17-9-18-15(12)19-13-8-5-7-10(2)11(13)3/h9-11,13H,4-8H2,1-3H3,(H,17,18,19). The number of nitrogens with one attached hydrogen (secondary N) is 1. The number of hydrogen-bond donors (Lipinski definition) is 1. The fraction of sp³-hybridized carbons (Fsp3) is 0.733. The molecule has 0 aliphatic heterocycles. The first-order valence-electron chi connectivity index (χ1n) is 7.39. The van der Waals surface area contributed by atoms with Gasteiger partial charge in [-0.25, -0.2) is 9.97 Å². The van der Waals surface area contributed by atoms with Crippen molar-refractivity contribution < 1.29 is 0 Å². The summed E-state index contributed by atoms with van der Waals surface area (Å²) in [5, 5.41) is 4.21. The molecule has 1 aliphatic carbocycles. The second kappa shape index (κ2) is 6.56. The van der Waals surface area contributed by atoms with E-state index in [1.807, 2.05) is 0 Å². The summed E-state index contributed by atoms with van der Waals surface area (Å²) in [5.74, 6) is 2.39. The molecule has 3 nitrogen and oxygen atoms in total. The van der Waals surface area contributed by atoms with Gasteiger partial charge in [0.15, 0.2) is 0 Å². The highest BCUT2D eigenvalue weighted by molar-refractivity contribution is 6.30. The van der Waals surface area contributed by atoms with E-state index in [4.69, 9.17) is 11.6 Å². The van der Waals surface area contributed by atoms with E-state index in [1.165, 1.54) is 19.3 Å². The van der Waals surface area contributed by atoms with E-state index >= 15 is 0 Å². The van der Waals surface area contributed by atoms with Crippen molar-refractivity contribution in [3.05, 3.63) is 17.0 Å². The zero-order chi connectivity index (χ0) is 13.8. The van der Waals surface area contributed by atoms with E-state index in [2.05, 4.69) is 36.1 Å². The van der Waals surface area contributed by atoms with Gasteiger partial charge in [0.25, 0.3) is 0 Å². The molecular weight excluding hydrogens is 258 g/mol. The second-order valence-corrected chi connectivity index (χ2v) is 6.12. The molecule has 0 spiro atoms. The Morgan fingerprint density at radius 2 is 2.11 bits per heavy atom. The van der Waals surface area contributed by atoms with Crippen LogP contribution in [0.4, 0.5) is 5.82 Å². The predicted octanol–water partition coefficient (Wildman–Crippen LogP) is 4.32. The highest BCUT2D eigenvalue weighted by Crippen LogP contribution is 2.32. The lowest BCUT2D eigenvalue weighted by Gasteiger charge is -2.35. The van der Waals surface area contributed by atoms with Crippen molar-refractivity contribution in [1.82, 2.24) is 9.97 Å². The van der Waals surface area contributed by atoms with Crippen LogP contribution in [0, 0.1) is 11.8 Å². The van der Waals surface area contributed by atoms with Crippen LogP contribution in [-0.4, -0.2) is 16.0 Å². The average molecular weight is 282 g/mol. The van der Waals surface area contributed by atoms with Crippen LogP contribution in [0.1, 0.15) is 52.0 Å². The summed E-state index contributed by atoms with van der Waals surface area (Å²) in [6, 6.07) is 0.505. The molecule has 106 valence electrons. The Labute approximate surface area is 121 Å². The third kappa shape index (κ3) is 3.38. The Morgan fingerprint density at radius 1 is 1.32 bits per heavy atom. The van der Waals surface area contributed by atoms with Gasteiger partial charge >= 0.3 is 0 Å². The van der Waals surface area contributed by atoms with Gasteiger partial charge in [-0.2, -0.15) is 0 Å². The van der Waals surface area contributed by atoms with Crippen molar-refractivity contribution in [3.8, 4) is 0 Å². The fourth-order valence-corrected chi connectivity index (χ4v) is 3.18. The minimum Gasteiger partial charge on any atom is -0.367 e. The number of aromatic nitrogens is 2. The van der Waals surface area contributed by atoms with E-state index in [0.717, 1.165) is 30.1 Å². The van der Waals surface area contributed by atoms with Crippen molar-refractivity contribution >= 4 is 17.4 Å². The van der Waals surface area contributed by atoms with Crippen LogP contribution in [-0.2, 0) is 6.42 Å². The smallest absolute Gasteiger partial charge is 0.137 e. The van der Waals surface area contributed by atoms with Crippen molar-refractivity contribution in [2.75, 3.05) is 5.32 Å². The third-order valence-corrected chi connectivity index (χ3v) is 4.75. The molecule has 1 aromatic rings. The molecule has 1 fully saturated rings. The summed E-state index contributed by atoms with van der Waals surface area (Å²) in [4.78, 5) is 8.50. The Morgan fingerprint density at radius 3 is 2.84 bits per heavy atom. The van der Waals surface area contributed by atoms with Crippen molar-refractivity contribution in [2.45, 2.75) is 58.9 Å². The third-order valence-electron chi connectivity index (χ3n) is 4.42. The quantitative estimate of drug-likeness (QED) is 0.835. The lowest BCUT2D eigenvalue weighted by molar-refractivity contribution is 0.252. The summed E-state index contributed by atoms with van der Waals surface area (Å²) in [5.41, 5.74) is 1.07. The normalized spacial score (nSPS) is 27.3. The zero-order valence-corrected chi connectivity index (χ0v) is 12.9. The highest BCUT2D eigenvalue weighted by Gasteiger charge is 2.27. The summed E-state index contributed by atoms with van der Waals surface area (Å²) in [7, 11) is 0. The van der Waals surface area contributed by atoms with E-state index < -0.39 is 0 Å². The Hall–Kier alpha value is -0.830. The van der Waals surface area contributed by atoms with Gasteiger partial charge in [-0.05, 0) is 24.7 Å². The van der Waals surface area contributed by atoms with E-state index in [1.54, 1.807) is 6.33 Å². The second-order valence-electron chi connectivity index (χ2n) is 5.76. The van der Waals surface area contributed by atoms with Crippen LogP contribution in [0.3, 0.4) is 0 Å². The summed E-state index contributed by atoms with van der Waals surface area (Å²) in [6.45, 7) is 6.83. The zero-order valence-electron chi connectivity index (χ0n) is 12.1. The summed E-state index contributed by atoms with van der Waals surface area (Å²) < 4.78 is 0. The number of halogens is 1. The molecule has 0 amide bonds. The molecule has 19 heavy (non-hydrogen) atoms. The van der Waals surface area contributed by atoms with Crippen molar-refractivity contribution in [1.29, 1.82) is 0 Å². The molecule has 1 heterocycles. The fourth-order valence-electron chi connectivity index (χ4n) is 2.95. The van der Waals surface area contributed by atoms with Crippen LogP contribution < -0.4 is 5.32 Å². The molecule has 4 heteroatoms. The minimum absolute atomic E-state index is 0.505. The minimum atomic E-state index is 0.505. The maximum absolute atomic E-state index is 6.20. The topological polar surface area (TPSA) is 37.8 Å². The molecular formula is C15H24ClN3. The van der Waals surface area contributed by atoms with E-state index in [-0.39, 0.29) is 0 Å². The monoisotopic (exact) mass is 281 g/mol. The van der Waals surface area contributed by atoms with Crippen LogP contribution in [0.15, 0.2) is 6.33 Å². The molecule has 0 saturated heterocycles. The van der Waals surface area contributed by atoms with Crippen LogP contribution >= 0.6 is 11.6 Å². The number of rotatable bonds is 4. The molecule has 1 N–H and O–H groups in total. The van der Waals surface area contributed by atoms with E-state index in [0.29, 0.717) is 17.1 Å². The van der Waals surface area contributed by atoms with Crippen LogP contribution in [0.25, 0.3) is 0 Å². The first kappa shape index (κ1) is 14.6. The first-order valence-corrected chi connectivity index (χ1v) is 7.77. The maximum atomic E-state index is 6.20. The molecule has 2 rings (SSSR count). The van der Waals surface area contributed by atoms with Gasteiger partial charge in [0, 0.05) is 11.6 Å².